The van der Waals surface area contributed by atoms with Crippen LogP contribution in [0.2, 0.25) is 0 Å². The summed E-state index contributed by atoms with van der Waals surface area (Å²) in [5, 5.41) is 5.73. The number of rotatable bonds is 10. The molecule has 0 fully saturated rings. The molecule has 0 aliphatic carbocycles. The molecule has 0 radical (unpaired) electrons. The fraction of sp³-hybridized carbons (Fsp3) is 0.600. The largest absolute Gasteiger partial charge is 0.402 e. The molecule has 0 saturated carbocycles. The second kappa shape index (κ2) is 12.4. The molecule has 0 bridgehead atoms. The second-order valence-electron chi connectivity index (χ2n) is 7.74. The van der Waals surface area contributed by atoms with E-state index in [1.165, 1.54) is 12.1 Å². The molecule has 2 atom stereocenters. The van der Waals surface area contributed by atoms with E-state index in [1.807, 2.05) is 36.5 Å². The van der Waals surface area contributed by atoms with Gasteiger partial charge in [0.2, 0.25) is 0 Å². The van der Waals surface area contributed by atoms with Crippen LogP contribution in [0.3, 0.4) is 0 Å². The van der Waals surface area contributed by atoms with E-state index in [0.717, 1.165) is 30.5 Å². The van der Waals surface area contributed by atoms with E-state index in [1.54, 1.807) is 0 Å². The highest BCUT2D eigenvalue weighted by molar-refractivity contribution is 7.94. The van der Waals surface area contributed by atoms with Gasteiger partial charge in [-0.3, -0.25) is 5.14 Å². The molecule has 0 amide bonds. The number of nitrogens with zero attached hydrogens (tertiary/aromatic N) is 1. The SMILES string of the molecule is C/C=C/C=C\C(C)=C\C(/C=C(\N)CCC(N)CC(C)(C)C)N(C)SN. The summed E-state index contributed by atoms with van der Waals surface area (Å²) in [5.74, 6) is 0. The molecule has 144 valence electrons. The fourth-order valence-electron chi connectivity index (χ4n) is 2.52. The summed E-state index contributed by atoms with van der Waals surface area (Å²) in [6.45, 7) is 10.7. The van der Waals surface area contributed by atoms with Crippen molar-refractivity contribution in [2.45, 2.75) is 66.0 Å². The number of allylic oxidation sites excluding steroid dienone is 6. The number of likely N-dealkylation sites (N-methyl/N-ethyl adjacent to an activating group) is 1. The Morgan fingerprint density at radius 2 is 1.84 bits per heavy atom. The molecule has 0 saturated heterocycles. The van der Waals surface area contributed by atoms with E-state index in [0.29, 0.717) is 0 Å². The molecule has 0 aliphatic rings. The Bertz CT molecular complexity index is 486. The van der Waals surface area contributed by atoms with Crippen LogP contribution < -0.4 is 16.6 Å². The normalized spacial score (nSPS) is 17.0. The molecule has 25 heavy (non-hydrogen) atoms. The summed E-state index contributed by atoms with van der Waals surface area (Å²) in [6, 6.07) is 0.220. The van der Waals surface area contributed by atoms with Gasteiger partial charge in [-0.05, 0) is 51.6 Å². The van der Waals surface area contributed by atoms with Crippen molar-refractivity contribution in [1.29, 1.82) is 0 Å². The highest BCUT2D eigenvalue weighted by atomic mass is 32.2. The summed E-state index contributed by atoms with van der Waals surface area (Å²) < 4.78 is 1.98. The zero-order chi connectivity index (χ0) is 19.5. The topological polar surface area (TPSA) is 81.3 Å². The first-order chi connectivity index (χ1) is 11.6. The van der Waals surface area contributed by atoms with Gasteiger partial charge in [-0.15, -0.1) is 0 Å². The Labute approximate surface area is 159 Å². The molecule has 0 aromatic heterocycles. The van der Waals surface area contributed by atoms with Crippen LogP contribution in [0.1, 0.15) is 53.9 Å². The van der Waals surface area contributed by atoms with E-state index < -0.39 is 0 Å². The molecular formula is C20H38N4S. The fourth-order valence-corrected chi connectivity index (χ4v) is 2.78. The quantitative estimate of drug-likeness (QED) is 0.397. The smallest absolute Gasteiger partial charge is 0.0597 e. The van der Waals surface area contributed by atoms with Gasteiger partial charge in [0.25, 0.3) is 0 Å². The van der Waals surface area contributed by atoms with Crippen molar-refractivity contribution in [3.8, 4) is 0 Å². The first-order valence-electron chi connectivity index (χ1n) is 8.88. The van der Waals surface area contributed by atoms with Crippen LogP contribution >= 0.6 is 12.1 Å². The van der Waals surface area contributed by atoms with Crippen molar-refractivity contribution in [2.75, 3.05) is 7.05 Å². The maximum atomic E-state index is 6.25. The average molecular weight is 367 g/mol. The number of hydrogen-bond acceptors (Lipinski definition) is 5. The Hall–Kier alpha value is -1.01. The van der Waals surface area contributed by atoms with E-state index in [-0.39, 0.29) is 17.5 Å². The van der Waals surface area contributed by atoms with Gasteiger partial charge in [-0.25, -0.2) is 4.31 Å². The summed E-state index contributed by atoms with van der Waals surface area (Å²) >= 11 is 1.20. The highest BCUT2D eigenvalue weighted by Gasteiger charge is 2.16. The minimum atomic E-state index is 0.0455. The van der Waals surface area contributed by atoms with Crippen LogP contribution in [0.4, 0.5) is 0 Å². The molecule has 0 aliphatic heterocycles. The van der Waals surface area contributed by atoms with Crippen molar-refractivity contribution >= 4 is 12.1 Å². The minimum absolute atomic E-state index is 0.0455. The lowest BCUT2D eigenvalue weighted by Gasteiger charge is -2.24. The summed E-state index contributed by atoms with van der Waals surface area (Å²) in [7, 11) is 1.96. The van der Waals surface area contributed by atoms with Crippen LogP contribution in [-0.2, 0) is 0 Å². The van der Waals surface area contributed by atoms with Crippen LogP contribution in [0.25, 0.3) is 0 Å². The molecule has 0 aromatic rings. The van der Waals surface area contributed by atoms with Gasteiger partial charge < -0.3 is 11.5 Å². The van der Waals surface area contributed by atoms with Crippen LogP contribution in [-0.4, -0.2) is 23.4 Å². The van der Waals surface area contributed by atoms with Crippen molar-refractivity contribution in [3.05, 3.63) is 47.7 Å². The van der Waals surface area contributed by atoms with Gasteiger partial charge in [-0.1, -0.05) is 56.7 Å². The molecule has 0 heterocycles. The van der Waals surface area contributed by atoms with E-state index in [9.17, 15) is 0 Å². The number of nitrogens with two attached hydrogens (primary N) is 3. The Morgan fingerprint density at radius 3 is 2.36 bits per heavy atom. The van der Waals surface area contributed by atoms with Gasteiger partial charge in [0.1, 0.15) is 0 Å². The van der Waals surface area contributed by atoms with Gasteiger partial charge in [-0.2, -0.15) is 0 Å². The third-order valence-electron chi connectivity index (χ3n) is 3.75. The third kappa shape index (κ3) is 12.9. The molecule has 0 aromatic carbocycles. The standard InChI is InChI=1S/C20H38N4S/c1-7-8-9-10-16(2)13-19(24(6)25-23)14-17(21)11-12-18(22)15-20(3,4)5/h7-10,13-14,18-19H,11-12,15,21-23H2,1-6H3/b8-7+,10-9-,16-13+,17-14-. The van der Waals surface area contributed by atoms with Gasteiger partial charge in [0.05, 0.1) is 6.04 Å². The highest BCUT2D eigenvalue weighted by Crippen LogP contribution is 2.22. The molecule has 0 rings (SSSR count). The van der Waals surface area contributed by atoms with Gasteiger partial charge in [0, 0.05) is 23.9 Å². The second-order valence-corrected chi connectivity index (χ2v) is 8.53. The van der Waals surface area contributed by atoms with Crippen molar-refractivity contribution in [1.82, 2.24) is 4.31 Å². The minimum Gasteiger partial charge on any atom is -0.402 e. The van der Waals surface area contributed by atoms with Crippen molar-refractivity contribution in [2.24, 2.45) is 22.0 Å². The monoisotopic (exact) mass is 366 g/mol. The first kappa shape index (κ1) is 24.0. The molecule has 4 nitrogen and oxygen atoms in total. The Kier molecular flexibility index (Phi) is 11.9. The van der Waals surface area contributed by atoms with E-state index in [2.05, 4.69) is 45.9 Å². The lowest BCUT2D eigenvalue weighted by Crippen LogP contribution is -2.27. The maximum absolute atomic E-state index is 6.25. The predicted octanol–water partition coefficient (Wildman–Crippen LogP) is 4.27. The molecular weight excluding hydrogens is 328 g/mol. The van der Waals surface area contributed by atoms with Crippen LogP contribution in [0.5, 0.6) is 0 Å². The zero-order valence-corrected chi connectivity index (χ0v) is 17.6. The average Bonchev–Trinajstić information content (AvgIpc) is 2.50. The summed E-state index contributed by atoms with van der Waals surface area (Å²) in [6.07, 6.45) is 15.0. The maximum Gasteiger partial charge on any atom is 0.0597 e. The lowest BCUT2D eigenvalue weighted by molar-refractivity contribution is 0.331. The Morgan fingerprint density at radius 1 is 1.20 bits per heavy atom. The summed E-state index contributed by atoms with van der Waals surface area (Å²) in [4.78, 5) is 0. The Balaban J connectivity index is 4.93. The van der Waals surface area contributed by atoms with E-state index >= 15 is 0 Å². The molecule has 5 heteroatoms. The van der Waals surface area contributed by atoms with Crippen LogP contribution in [0, 0.1) is 5.41 Å². The predicted molar refractivity (Wildman–Crippen MR) is 115 cm³/mol. The van der Waals surface area contributed by atoms with Gasteiger partial charge in [0.15, 0.2) is 0 Å². The van der Waals surface area contributed by atoms with Crippen molar-refractivity contribution < 1.29 is 0 Å². The molecule has 0 spiro atoms. The number of hydrogen-bond donors (Lipinski definition) is 3. The molecule has 6 N–H and O–H groups in total. The van der Waals surface area contributed by atoms with Gasteiger partial charge >= 0.3 is 0 Å². The molecule has 2 unspecified atom stereocenters. The van der Waals surface area contributed by atoms with Crippen molar-refractivity contribution in [3.63, 3.8) is 0 Å². The first-order valence-corrected chi connectivity index (χ1v) is 9.72. The zero-order valence-electron chi connectivity index (χ0n) is 16.8. The third-order valence-corrected chi connectivity index (χ3v) is 4.32. The van der Waals surface area contributed by atoms with E-state index in [4.69, 9.17) is 16.6 Å². The lowest BCUT2D eigenvalue weighted by atomic mass is 9.87. The van der Waals surface area contributed by atoms with Crippen LogP contribution in [0.15, 0.2) is 47.7 Å². The summed E-state index contributed by atoms with van der Waals surface area (Å²) in [5.41, 5.74) is 14.7.